The molecular weight excluding hydrogens is 330 g/mol. The van der Waals surface area contributed by atoms with E-state index in [1.54, 1.807) is 6.20 Å². The Labute approximate surface area is 152 Å². The van der Waals surface area contributed by atoms with Gasteiger partial charge in [-0.3, -0.25) is 14.6 Å². The van der Waals surface area contributed by atoms with Gasteiger partial charge in [-0.2, -0.15) is 0 Å². The van der Waals surface area contributed by atoms with E-state index in [4.69, 9.17) is 0 Å². The molecule has 7 nitrogen and oxygen atoms in total. The van der Waals surface area contributed by atoms with E-state index in [-0.39, 0.29) is 11.8 Å². The number of nitrogens with one attached hydrogen (secondary N) is 1. The van der Waals surface area contributed by atoms with Crippen LogP contribution in [0.15, 0.2) is 24.4 Å². The summed E-state index contributed by atoms with van der Waals surface area (Å²) in [4.78, 5) is 36.1. The fourth-order valence-electron chi connectivity index (χ4n) is 3.71. The largest absolute Gasteiger partial charge is 0.344 e. The molecule has 0 aliphatic carbocycles. The highest BCUT2D eigenvalue weighted by Gasteiger charge is 2.30. The number of nitrogens with zero attached hydrogens (tertiary/aromatic N) is 4. The number of carbonyl (C=O) groups excluding carboxylic acids is 2. The maximum Gasteiger partial charge on any atom is 0.287 e. The smallest absolute Gasteiger partial charge is 0.287 e. The Morgan fingerprint density at radius 1 is 1.08 bits per heavy atom. The van der Waals surface area contributed by atoms with E-state index < -0.39 is 0 Å². The molecule has 1 saturated heterocycles. The van der Waals surface area contributed by atoms with Gasteiger partial charge in [-0.05, 0) is 44.2 Å². The molecule has 4 heterocycles. The highest BCUT2D eigenvalue weighted by Crippen LogP contribution is 2.23. The van der Waals surface area contributed by atoms with Crippen LogP contribution < -0.4 is 5.32 Å². The van der Waals surface area contributed by atoms with Crippen molar-refractivity contribution in [2.75, 3.05) is 13.1 Å². The summed E-state index contributed by atoms with van der Waals surface area (Å²) >= 11 is 0. The first-order valence-corrected chi connectivity index (χ1v) is 9.31. The van der Waals surface area contributed by atoms with Crippen LogP contribution in [-0.2, 0) is 19.5 Å². The Kier molecular flexibility index (Phi) is 4.69. The Morgan fingerprint density at radius 2 is 1.88 bits per heavy atom. The lowest BCUT2D eigenvalue weighted by atomic mass is 10.1. The van der Waals surface area contributed by atoms with Gasteiger partial charge in [0.1, 0.15) is 5.69 Å². The number of rotatable bonds is 4. The molecule has 0 saturated carbocycles. The summed E-state index contributed by atoms with van der Waals surface area (Å²) in [5.41, 5.74) is 2.17. The summed E-state index contributed by atoms with van der Waals surface area (Å²) in [7, 11) is 0. The molecule has 0 radical (unpaired) electrons. The fourth-order valence-corrected chi connectivity index (χ4v) is 3.71. The molecule has 2 aliphatic heterocycles. The van der Waals surface area contributed by atoms with Crippen LogP contribution in [0.3, 0.4) is 0 Å². The number of imidazole rings is 1. The SMILES string of the molecule is O=C(NCc1ccccn1)c1nc(C(=O)N2CCCC2)c2n1CCCC2. The third kappa shape index (κ3) is 3.21. The van der Waals surface area contributed by atoms with Gasteiger partial charge in [0.15, 0.2) is 5.82 Å². The molecule has 26 heavy (non-hydrogen) atoms. The van der Waals surface area contributed by atoms with Crippen molar-refractivity contribution in [3.8, 4) is 0 Å². The first kappa shape index (κ1) is 16.8. The molecule has 7 heteroatoms. The second-order valence-corrected chi connectivity index (χ2v) is 6.84. The predicted octanol–water partition coefficient (Wildman–Crippen LogP) is 1.78. The second kappa shape index (κ2) is 7.27. The van der Waals surface area contributed by atoms with Crippen LogP contribution in [0.1, 0.15) is 58.2 Å². The lowest BCUT2D eigenvalue weighted by molar-refractivity contribution is 0.0786. The van der Waals surface area contributed by atoms with Crippen LogP contribution in [0.2, 0.25) is 0 Å². The molecule has 0 bridgehead atoms. The summed E-state index contributed by atoms with van der Waals surface area (Å²) in [6.45, 7) is 2.65. The molecular formula is C19H23N5O2. The van der Waals surface area contributed by atoms with E-state index in [0.29, 0.717) is 18.1 Å². The minimum absolute atomic E-state index is 0.0306. The van der Waals surface area contributed by atoms with Gasteiger partial charge in [-0.15, -0.1) is 0 Å². The van der Waals surface area contributed by atoms with Gasteiger partial charge in [-0.25, -0.2) is 4.98 Å². The number of aromatic nitrogens is 3. The number of carbonyl (C=O) groups is 2. The number of hydrogen-bond acceptors (Lipinski definition) is 4. The maximum atomic E-state index is 12.8. The number of hydrogen-bond donors (Lipinski definition) is 1. The molecule has 2 aliphatic rings. The highest BCUT2D eigenvalue weighted by atomic mass is 16.2. The molecule has 2 amide bonds. The molecule has 2 aromatic rings. The lowest BCUT2D eigenvalue weighted by Crippen LogP contribution is -2.29. The maximum absolute atomic E-state index is 12.8. The zero-order chi connectivity index (χ0) is 17.9. The molecule has 0 aromatic carbocycles. The van der Waals surface area contributed by atoms with Gasteiger partial charge in [0.05, 0.1) is 17.9 Å². The summed E-state index contributed by atoms with van der Waals surface area (Å²) in [6, 6.07) is 5.59. The molecule has 2 aromatic heterocycles. The molecule has 136 valence electrons. The average Bonchev–Trinajstić information content (AvgIpc) is 3.35. The van der Waals surface area contributed by atoms with Gasteiger partial charge in [0, 0.05) is 25.8 Å². The molecule has 0 spiro atoms. The van der Waals surface area contributed by atoms with Crippen molar-refractivity contribution >= 4 is 11.8 Å². The van der Waals surface area contributed by atoms with Crippen molar-refractivity contribution in [2.24, 2.45) is 0 Å². The summed E-state index contributed by atoms with van der Waals surface area (Å²) in [5, 5.41) is 2.88. The van der Waals surface area contributed by atoms with Crippen LogP contribution in [0.5, 0.6) is 0 Å². The van der Waals surface area contributed by atoms with Crippen molar-refractivity contribution in [1.29, 1.82) is 0 Å². The molecule has 1 N–H and O–H groups in total. The van der Waals surface area contributed by atoms with E-state index in [1.165, 1.54) is 0 Å². The fraction of sp³-hybridized carbons (Fsp3) is 0.474. The van der Waals surface area contributed by atoms with Crippen molar-refractivity contribution in [3.05, 3.63) is 47.3 Å². The third-order valence-electron chi connectivity index (χ3n) is 5.07. The zero-order valence-corrected chi connectivity index (χ0v) is 14.8. The summed E-state index contributed by atoms with van der Waals surface area (Å²) in [6.07, 6.45) is 6.61. The first-order chi connectivity index (χ1) is 12.7. The van der Waals surface area contributed by atoms with E-state index in [1.807, 2.05) is 27.7 Å². The Bertz CT molecular complexity index is 809. The molecule has 0 unspecified atom stereocenters. The topological polar surface area (TPSA) is 80.1 Å². The van der Waals surface area contributed by atoms with Gasteiger partial charge in [0.2, 0.25) is 0 Å². The quantitative estimate of drug-likeness (QED) is 0.909. The van der Waals surface area contributed by atoms with Crippen molar-refractivity contribution in [1.82, 2.24) is 24.8 Å². The third-order valence-corrected chi connectivity index (χ3v) is 5.07. The van der Waals surface area contributed by atoms with Gasteiger partial charge < -0.3 is 14.8 Å². The minimum Gasteiger partial charge on any atom is -0.344 e. The van der Waals surface area contributed by atoms with E-state index in [9.17, 15) is 9.59 Å². The Balaban J connectivity index is 1.57. The van der Waals surface area contributed by atoms with Gasteiger partial charge in [-0.1, -0.05) is 6.07 Å². The first-order valence-electron chi connectivity index (χ1n) is 9.31. The number of amides is 2. The summed E-state index contributed by atoms with van der Waals surface area (Å²) < 4.78 is 1.93. The van der Waals surface area contributed by atoms with Gasteiger partial charge >= 0.3 is 0 Å². The second-order valence-electron chi connectivity index (χ2n) is 6.84. The Hall–Kier alpha value is -2.70. The van der Waals surface area contributed by atoms with Gasteiger partial charge in [0.25, 0.3) is 11.8 Å². The Morgan fingerprint density at radius 3 is 2.65 bits per heavy atom. The van der Waals surface area contributed by atoms with E-state index in [0.717, 1.165) is 63.1 Å². The molecule has 4 rings (SSSR count). The van der Waals surface area contributed by atoms with Crippen LogP contribution in [0.4, 0.5) is 0 Å². The normalized spacial score (nSPS) is 16.4. The summed E-state index contributed by atoms with van der Waals surface area (Å²) in [5.74, 6) is 0.0642. The van der Waals surface area contributed by atoms with Crippen LogP contribution in [0, 0.1) is 0 Å². The monoisotopic (exact) mass is 353 g/mol. The molecule has 1 fully saturated rings. The van der Waals surface area contributed by atoms with Crippen LogP contribution >= 0.6 is 0 Å². The van der Waals surface area contributed by atoms with Crippen LogP contribution in [-0.4, -0.2) is 44.3 Å². The number of pyridine rings is 1. The average molecular weight is 353 g/mol. The number of fused-ring (bicyclic) bond motifs is 1. The van der Waals surface area contributed by atoms with Crippen molar-refractivity contribution < 1.29 is 9.59 Å². The van der Waals surface area contributed by atoms with Crippen molar-refractivity contribution in [2.45, 2.75) is 45.2 Å². The zero-order valence-electron chi connectivity index (χ0n) is 14.8. The predicted molar refractivity (Wildman–Crippen MR) is 95.7 cm³/mol. The highest BCUT2D eigenvalue weighted by molar-refractivity contribution is 5.97. The van der Waals surface area contributed by atoms with Crippen LogP contribution in [0.25, 0.3) is 0 Å². The molecule has 0 atom stereocenters. The lowest BCUT2D eigenvalue weighted by Gasteiger charge is -2.18. The van der Waals surface area contributed by atoms with E-state index >= 15 is 0 Å². The van der Waals surface area contributed by atoms with Crippen molar-refractivity contribution in [3.63, 3.8) is 0 Å². The minimum atomic E-state index is -0.251. The van der Waals surface area contributed by atoms with E-state index in [2.05, 4.69) is 15.3 Å². The number of likely N-dealkylation sites (tertiary alicyclic amines) is 1. The standard InChI is InChI=1S/C19H23N5O2/c25-18(21-13-14-7-1-3-9-20-14)17-22-16(15-8-2-4-12-24(15)17)19(26)23-10-5-6-11-23/h1,3,7,9H,2,4-6,8,10-13H2,(H,21,25).